The Morgan fingerprint density at radius 2 is 1.61 bits per heavy atom. The third-order valence-electron chi connectivity index (χ3n) is 5.92. The van der Waals surface area contributed by atoms with Crippen LogP contribution in [0.4, 0.5) is 10.5 Å². The van der Waals surface area contributed by atoms with E-state index in [0.29, 0.717) is 0 Å². The lowest BCUT2D eigenvalue weighted by molar-refractivity contribution is 0.0910. The van der Waals surface area contributed by atoms with Gasteiger partial charge in [-0.3, -0.25) is 4.90 Å². The standard InChI is InChI=1S/C25H35N3O3/c1-25(2,3)20-7-5-19(6-8-20)23(31-24(26)29)13-14-27-15-17-28(18-16-27)21-9-11-22(30-4)12-10-21/h5-12,23H,13-18H2,1-4H3,(H2,26,29). The molecule has 1 fully saturated rings. The van der Waals surface area contributed by atoms with Gasteiger partial charge in [0.15, 0.2) is 0 Å². The van der Waals surface area contributed by atoms with Crippen LogP contribution in [0, 0.1) is 0 Å². The predicted molar refractivity (Wildman–Crippen MR) is 125 cm³/mol. The first-order valence-electron chi connectivity index (χ1n) is 10.9. The summed E-state index contributed by atoms with van der Waals surface area (Å²) in [7, 11) is 1.68. The number of methoxy groups -OCH3 is 1. The lowest BCUT2D eigenvalue weighted by Crippen LogP contribution is -2.46. The van der Waals surface area contributed by atoms with Gasteiger partial charge in [0, 0.05) is 44.8 Å². The Kier molecular flexibility index (Phi) is 7.44. The number of nitrogens with zero attached hydrogens (tertiary/aromatic N) is 2. The molecule has 168 valence electrons. The SMILES string of the molecule is COc1ccc(N2CCN(CCC(OC(N)=O)c3ccc(C(C)(C)C)cc3)CC2)cc1. The van der Waals surface area contributed by atoms with Crippen molar-refractivity contribution in [2.75, 3.05) is 44.7 Å². The number of benzene rings is 2. The van der Waals surface area contributed by atoms with Gasteiger partial charge >= 0.3 is 6.09 Å². The van der Waals surface area contributed by atoms with Crippen molar-refractivity contribution in [1.82, 2.24) is 4.90 Å². The van der Waals surface area contributed by atoms with Gasteiger partial charge in [0.1, 0.15) is 11.9 Å². The zero-order valence-electron chi connectivity index (χ0n) is 19.1. The summed E-state index contributed by atoms with van der Waals surface area (Å²) in [5.74, 6) is 0.874. The third-order valence-corrected chi connectivity index (χ3v) is 5.92. The number of ether oxygens (including phenoxy) is 2. The molecule has 1 atom stereocenters. The lowest BCUT2D eigenvalue weighted by atomic mass is 9.86. The lowest BCUT2D eigenvalue weighted by Gasteiger charge is -2.36. The predicted octanol–water partition coefficient (Wildman–Crippen LogP) is 4.34. The highest BCUT2D eigenvalue weighted by molar-refractivity contribution is 5.65. The molecular formula is C25H35N3O3. The number of carbonyl (C=O) groups excluding carboxylic acids is 1. The molecule has 1 aliphatic rings. The van der Waals surface area contributed by atoms with Gasteiger partial charge in [0.05, 0.1) is 7.11 Å². The maximum Gasteiger partial charge on any atom is 0.405 e. The van der Waals surface area contributed by atoms with Crippen molar-refractivity contribution < 1.29 is 14.3 Å². The van der Waals surface area contributed by atoms with Crippen LogP contribution in [0.5, 0.6) is 5.75 Å². The van der Waals surface area contributed by atoms with Crippen LogP contribution in [0.15, 0.2) is 48.5 Å². The maximum atomic E-state index is 11.5. The molecule has 0 saturated carbocycles. The Bertz CT molecular complexity index is 836. The first-order chi connectivity index (χ1) is 14.8. The van der Waals surface area contributed by atoms with E-state index in [1.54, 1.807) is 7.11 Å². The monoisotopic (exact) mass is 425 g/mol. The summed E-state index contributed by atoms with van der Waals surface area (Å²) in [4.78, 5) is 16.3. The molecule has 6 heteroatoms. The molecule has 1 unspecified atom stereocenters. The summed E-state index contributed by atoms with van der Waals surface area (Å²) in [5.41, 5.74) is 8.90. The van der Waals surface area contributed by atoms with Gasteiger partial charge in [-0.05, 0) is 40.8 Å². The van der Waals surface area contributed by atoms with E-state index in [-0.39, 0.29) is 11.5 Å². The Morgan fingerprint density at radius 1 is 1.00 bits per heavy atom. The fraction of sp³-hybridized carbons (Fsp3) is 0.480. The minimum Gasteiger partial charge on any atom is -0.497 e. The Labute approximate surface area is 185 Å². The van der Waals surface area contributed by atoms with Gasteiger partial charge in [0.25, 0.3) is 0 Å². The van der Waals surface area contributed by atoms with E-state index in [0.717, 1.165) is 50.5 Å². The molecule has 1 amide bonds. The summed E-state index contributed by atoms with van der Waals surface area (Å²) in [6.45, 7) is 11.3. The van der Waals surface area contributed by atoms with Crippen LogP contribution in [-0.2, 0) is 10.2 Å². The fourth-order valence-electron chi connectivity index (χ4n) is 3.95. The second-order valence-electron chi connectivity index (χ2n) is 9.11. The molecular weight excluding hydrogens is 390 g/mol. The Balaban J connectivity index is 1.55. The second-order valence-corrected chi connectivity index (χ2v) is 9.11. The second kappa shape index (κ2) is 10.1. The van der Waals surface area contributed by atoms with E-state index >= 15 is 0 Å². The van der Waals surface area contributed by atoms with Gasteiger partial charge in [-0.15, -0.1) is 0 Å². The normalized spacial score (nSPS) is 16.1. The molecule has 0 bridgehead atoms. The highest BCUT2D eigenvalue weighted by Crippen LogP contribution is 2.27. The summed E-state index contributed by atoms with van der Waals surface area (Å²) in [6.07, 6.45) is -0.333. The van der Waals surface area contributed by atoms with Gasteiger partial charge in [-0.1, -0.05) is 45.0 Å². The van der Waals surface area contributed by atoms with E-state index in [4.69, 9.17) is 15.2 Å². The molecule has 1 heterocycles. The van der Waals surface area contributed by atoms with Crippen LogP contribution in [0.2, 0.25) is 0 Å². The van der Waals surface area contributed by atoms with E-state index < -0.39 is 6.09 Å². The van der Waals surface area contributed by atoms with Crippen LogP contribution in [-0.4, -0.2) is 50.8 Å². The molecule has 0 aromatic heterocycles. The largest absolute Gasteiger partial charge is 0.497 e. The molecule has 0 aliphatic carbocycles. The summed E-state index contributed by atoms with van der Waals surface area (Å²) < 4.78 is 10.7. The zero-order chi connectivity index (χ0) is 22.4. The molecule has 1 aliphatic heterocycles. The van der Waals surface area contributed by atoms with Gasteiger partial charge in [-0.25, -0.2) is 4.79 Å². The summed E-state index contributed by atoms with van der Waals surface area (Å²) in [6, 6.07) is 16.5. The van der Waals surface area contributed by atoms with E-state index in [1.807, 2.05) is 12.1 Å². The smallest absolute Gasteiger partial charge is 0.405 e. The summed E-state index contributed by atoms with van der Waals surface area (Å²) in [5, 5.41) is 0. The van der Waals surface area contributed by atoms with Gasteiger partial charge in [0.2, 0.25) is 0 Å². The van der Waals surface area contributed by atoms with Crippen molar-refractivity contribution in [1.29, 1.82) is 0 Å². The van der Waals surface area contributed by atoms with Crippen molar-refractivity contribution in [2.45, 2.75) is 38.7 Å². The molecule has 2 aromatic rings. The van der Waals surface area contributed by atoms with Gasteiger partial charge in [-0.2, -0.15) is 0 Å². The van der Waals surface area contributed by atoms with Crippen LogP contribution in [0.25, 0.3) is 0 Å². The Hall–Kier alpha value is -2.73. The molecule has 2 N–H and O–H groups in total. The van der Waals surface area contributed by atoms with Crippen LogP contribution < -0.4 is 15.4 Å². The number of hydrogen-bond donors (Lipinski definition) is 1. The molecule has 2 aromatic carbocycles. The third kappa shape index (κ3) is 6.37. The number of piperazine rings is 1. The first-order valence-corrected chi connectivity index (χ1v) is 10.9. The molecule has 0 radical (unpaired) electrons. The highest BCUT2D eigenvalue weighted by Gasteiger charge is 2.22. The topological polar surface area (TPSA) is 68.0 Å². The van der Waals surface area contributed by atoms with E-state index in [2.05, 4.69) is 67.0 Å². The number of anilines is 1. The fourth-order valence-corrected chi connectivity index (χ4v) is 3.95. The van der Waals surface area contributed by atoms with Gasteiger partial charge < -0.3 is 20.1 Å². The van der Waals surface area contributed by atoms with Crippen molar-refractivity contribution in [3.8, 4) is 5.75 Å². The number of primary amides is 1. The minimum absolute atomic E-state index is 0.0854. The molecule has 6 nitrogen and oxygen atoms in total. The van der Waals surface area contributed by atoms with Crippen LogP contribution >= 0.6 is 0 Å². The van der Waals surface area contributed by atoms with Crippen LogP contribution in [0.1, 0.15) is 44.4 Å². The Morgan fingerprint density at radius 3 is 2.13 bits per heavy atom. The first kappa shape index (κ1) is 22.9. The number of amides is 1. The maximum absolute atomic E-state index is 11.5. The van der Waals surface area contributed by atoms with E-state index in [9.17, 15) is 4.79 Å². The molecule has 3 rings (SSSR count). The average molecular weight is 426 g/mol. The van der Waals surface area contributed by atoms with Crippen molar-refractivity contribution in [3.05, 3.63) is 59.7 Å². The van der Waals surface area contributed by atoms with Crippen molar-refractivity contribution in [3.63, 3.8) is 0 Å². The number of carbonyl (C=O) groups is 1. The highest BCUT2D eigenvalue weighted by atomic mass is 16.6. The minimum atomic E-state index is -0.728. The number of hydrogen-bond acceptors (Lipinski definition) is 5. The number of nitrogens with two attached hydrogens (primary N) is 1. The van der Waals surface area contributed by atoms with Crippen molar-refractivity contribution in [2.24, 2.45) is 5.73 Å². The van der Waals surface area contributed by atoms with Crippen LogP contribution in [0.3, 0.4) is 0 Å². The average Bonchev–Trinajstić information content (AvgIpc) is 2.76. The molecule has 1 saturated heterocycles. The summed E-state index contributed by atoms with van der Waals surface area (Å²) >= 11 is 0. The zero-order valence-corrected chi connectivity index (χ0v) is 19.1. The molecule has 0 spiro atoms. The van der Waals surface area contributed by atoms with E-state index in [1.165, 1.54) is 11.3 Å². The van der Waals surface area contributed by atoms with Crippen molar-refractivity contribution >= 4 is 11.8 Å². The quantitative estimate of drug-likeness (QED) is 0.715. The number of rotatable bonds is 7. The molecule has 31 heavy (non-hydrogen) atoms.